The monoisotopic (exact) mass is 573 g/mol. The topological polar surface area (TPSA) is 82.1 Å². The maximum absolute atomic E-state index is 13.9. The molecule has 0 saturated carbocycles. The first-order chi connectivity index (χ1) is 18.1. The van der Waals surface area contributed by atoms with Crippen LogP contribution in [0.15, 0.2) is 48.5 Å². The standard InChI is InChI=1S/C27H31F4NO6S/c1-26(2,3)37-25(33)32(17-19-11-12-22(28)24(16-19)36-4)13-7-8-18-14-20-9-5-6-10-21(20)23(15-18)38-39(34,35)27(29,30)31/h5-6,9-12,15-16,18H,7-8,13-14,17H2,1-4H3. The van der Waals surface area contributed by atoms with Crippen molar-refractivity contribution in [3.63, 3.8) is 0 Å². The number of carbonyl (C=O) groups excluding carboxylic acids is 1. The van der Waals surface area contributed by atoms with E-state index in [4.69, 9.17) is 9.47 Å². The van der Waals surface area contributed by atoms with Crippen LogP contribution in [0.5, 0.6) is 5.75 Å². The van der Waals surface area contributed by atoms with Crippen LogP contribution in [0.4, 0.5) is 22.4 Å². The molecular weight excluding hydrogens is 542 g/mol. The zero-order chi connectivity index (χ0) is 29.0. The van der Waals surface area contributed by atoms with Gasteiger partial charge in [0.15, 0.2) is 11.6 Å². The number of hydrogen-bond donors (Lipinski definition) is 0. The Morgan fingerprint density at radius 2 is 1.79 bits per heavy atom. The van der Waals surface area contributed by atoms with Gasteiger partial charge >= 0.3 is 21.7 Å². The van der Waals surface area contributed by atoms with Gasteiger partial charge in [0.05, 0.1) is 7.11 Å². The Labute approximate surface area is 225 Å². The van der Waals surface area contributed by atoms with Gasteiger partial charge in [0, 0.05) is 18.7 Å². The van der Waals surface area contributed by atoms with Gasteiger partial charge in [-0.25, -0.2) is 9.18 Å². The van der Waals surface area contributed by atoms with Crippen molar-refractivity contribution in [3.8, 4) is 5.75 Å². The molecule has 7 nitrogen and oxygen atoms in total. The average Bonchev–Trinajstić information content (AvgIpc) is 2.82. The summed E-state index contributed by atoms with van der Waals surface area (Å²) in [4.78, 5) is 14.4. The Kier molecular flexibility index (Phi) is 9.20. The molecule has 0 fully saturated rings. The molecule has 0 aliphatic heterocycles. The number of alkyl halides is 3. The van der Waals surface area contributed by atoms with Crippen molar-refractivity contribution < 1.29 is 44.4 Å². The summed E-state index contributed by atoms with van der Waals surface area (Å²) in [6.07, 6.45) is 2.08. The highest BCUT2D eigenvalue weighted by Crippen LogP contribution is 2.36. The number of ether oxygens (including phenoxy) is 2. The van der Waals surface area contributed by atoms with Crippen molar-refractivity contribution in [2.24, 2.45) is 5.92 Å². The summed E-state index contributed by atoms with van der Waals surface area (Å²) in [5.74, 6) is -1.23. The third-order valence-corrected chi connectivity index (χ3v) is 6.84. The van der Waals surface area contributed by atoms with Crippen LogP contribution in [0.3, 0.4) is 0 Å². The minimum atomic E-state index is -5.84. The fourth-order valence-electron chi connectivity index (χ4n) is 4.14. The van der Waals surface area contributed by atoms with Gasteiger partial charge in [0.1, 0.15) is 11.4 Å². The lowest BCUT2D eigenvalue weighted by atomic mass is 9.86. The molecule has 3 rings (SSSR count). The number of carbonyl (C=O) groups is 1. The molecule has 0 bridgehead atoms. The lowest BCUT2D eigenvalue weighted by Crippen LogP contribution is -2.37. The second-order valence-corrected chi connectivity index (χ2v) is 11.7. The van der Waals surface area contributed by atoms with Crippen LogP contribution in [0.1, 0.15) is 50.3 Å². The summed E-state index contributed by atoms with van der Waals surface area (Å²) in [6.45, 7) is 5.51. The van der Waals surface area contributed by atoms with E-state index in [1.165, 1.54) is 42.4 Å². The van der Waals surface area contributed by atoms with Crippen molar-refractivity contribution in [3.05, 3.63) is 71.0 Å². The highest BCUT2D eigenvalue weighted by Gasteiger charge is 2.49. The lowest BCUT2D eigenvalue weighted by Gasteiger charge is -2.28. The summed E-state index contributed by atoms with van der Waals surface area (Å²) in [7, 11) is -4.51. The molecule has 0 spiro atoms. The molecule has 0 aromatic heterocycles. The van der Waals surface area contributed by atoms with Crippen LogP contribution in [-0.4, -0.2) is 44.2 Å². The molecule has 1 atom stereocenters. The minimum Gasteiger partial charge on any atom is -0.494 e. The maximum atomic E-state index is 13.9. The number of hydrogen-bond acceptors (Lipinski definition) is 6. The van der Waals surface area contributed by atoms with Gasteiger partial charge in [-0.2, -0.15) is 21.6 Å². The summed E-state index contributed by atoms with van der Waals surface area (Å²) in [5.41, 5.74) is -4.78. The molecule has 2 aromatic carbocycles. The maximum Gasteiger partial charge on any atom is 0.534 e. The van der Waals surface area contributed by atoms with Gasteiger partial charge in [-0.05, 0) is 75.3 Å². The Morgan fingerprint density at radius 1 is 1.10 bits per heavy atom. The van der Waals surface area contributed by atoms with E-state index in [2.05, 4.69) is 4.18 Å². The Balaban J connectivity index is 1.77. The first-order valence-electron chi connectivity index (χ1n) is 12.2. The number of fused-ring (bicyclic) bond motifs is 1. The van der Waals surface area contributed by atoms with E-state index >= 15 is 0 Å². The molecule has 0 N–H and O–H groups in total. The van der Waals surface area contributed by atoms with E-state index in [9.17, 15) is 30.8 Å². The smallest absolute Gasteiger partial charge is 0.494 e. The second-order valence-electron chi connectivity index (χ2n) is 10.1. The quantitative estimate of drug-likeness (QED) is 0.195. The summed E-state index contributed by atoms with van der Waals surface area (Å²) >= 11 is 0. The van der Waals surface area contributed by atoms with Crippen LogP contribution in [-0.2, 0) is 32.0 Å². The first kappa shape index (κ1) is 30.3. The summed E-state index contributed by atoms with van der Waals surface area (Å²) in [5, 5.41) is 0. The minimum absolute atomic E-state index is 0.0315. The van der Waals surface area contributed by atoms with Crippen LogP contribution in [0.2, 0.25) is 0 Å². The van der Waals surface area contributed by atoms with E-state index in [0.717, 1.165) is 0 Å². The second kappa shape index (κ2) is 11.8. The Bertz CT molecular complexity index is 1320. The third kappa shape index (κ3) is 8.11. The van der Waals surface area contributed by atoms with Crippen LogP contribution in [0.25, 0.3) is 5.76 Å². The van der Waals surface area contributed by atoms with E-state index < -0.39 is 33.1 Å². The zero-order valence-corrected chi connectivity index (χ0v) is 22.9. The van der Waals surface area contributed by atoms with Crippen molar-refractivity contribution in [2.75, 3.05) is 13.7 Å². The fourth-order valence-corrected chi connectivity index (χ4v) is 4.61. The predicted octanol–water partition coefficient (Wildman–Crippen LogP) is 6.43. The van der Waals surface area contributed by atoms with Crippen LogP contribution >= 0.6 is 0 Å². The largest absolute Gasteiger partial charge is 0.534 e. The van der Waals surface area contributed by atoms with Crippen molar-refractivity contribution in [1.29, 1.82) is 0 Å². The fraction of sp³-hybridized carbons (Fsp3) is 0.444. The number of benzene rings is 2. The van der Waals surface area contributed by atoms with Gasteiger partial charge < -0.3 is 18.6 Å². The molecule has 0 heterocycles. The SMILES string of the molecule is COc1cc(CN(CCCC2C=C(OS(=O)(=O)C(F)(F)F)c3ccccc3C2)C(=O)OC(C)(C)C)ccc1F. The Morgan fingerprint density at radius 3 is 2.44 bits per heavy atom. The van der Waals surface area contributed by atoms with Gasteiger partial charge in [0.2, 0.25) is 0 Å². The van der Waals surface area contributed by atoms with Gasteiger partial charge in [0.25, 0.3) is 0 Å². The highest BCUT2D eigenvalue weighted by molar-refractivity contribution is 7.87. The van der Waals surface area contributed by atoms with Crippen LogP contribution < -0.4 is 4.74 Å². The molecule has 39 heavy (non-hydrogen) atoms. The first-order valence-corrected chi connectivity index (χ1v) is 13.6. The van der Waals surface area contributed by atoms with Gasteiger partial charge in [-0.1, -0.05) is 30.3 Å². The molecule has 1 aliphatic carbocycles. The molecule has 12 heteroatoms. The van der Waals surface area contributed by atoms with Gasteiger partial charge in [-0.15, -0.1) is 0 Å². The lowest BCUT2D eigenvalue weighted by molar-refractivity contribution is -0.0509. The number of nitrogens with zero attached hydrogens (tertiary/aromatic N) is 1. The highest BCUT2D eigenvalue weighted by atomic mass is 32.2. The number of rotatable bonds is 9. The van der Waals surface area contributed by atoms with E-state index in [1.807, 2.05) is 0 Å². The number of amides is 1. The Hall–Kier alpha value is -3.28. The molecular formula is C27H31F4NO6S. The van der Waals surface area contributed by atoms with Gasteiger partial charge in [-0.3, -0.25) is 0 Å². The zero-order valence-electron chi connectivity index (χ0n) is 22.0. The summed E-state index contributed by atoms with van der Waals surface area (Å²) in [6, 6.07) is 10.7. The van der Waals surface area contributed by atoms with Crippen molar-refractivity contribution >= 4 is 22.0 Å². The third-order valence-electron chi connectivity index (χ3n) is 5.88. The van der Waals surface area contributed by atoms with E-state index in [-0.39, 0.29) is 36.1 Å². The van der Waals surface area contributed by atoms with E-state index in [0.29, 0.717) is 30.4 Å². The normalized spacial score (nSPS) is 15.7. The van der Waals surface area contributed by atoms with Crippen LogP contribution in [0, 0.1) is 11.7 Å². The number of methoxy groups -OCH3 is 1. The molecule has 1 amide bonds. The molecule has 1 aliphatic rings. The number of allylic oxidation sites excluding steroid dienone is 1. The molecule has 214 valence electrons. The van der Waals surface area contributed by atoms with E-state index in [1.54, 1.807) is 39.0 Å². The average molecular weight is 574 g/mol. The molecule has 0 radical (unpaired) electrons. The van der Waals surface area contributed by atoms with Crippen molar-refractivity contribution in [2.45, 2.75) is 57.7 Å². The molecule has 2 aromatic rings. The summed E-state index contributed by atoms with van der Waals surface area (Å²) < 4.78 is 91.2. The predicted molar refractivity (Wildman–Crippen MR) is 137 cm³/mol. The van der Waals surface area contributed by atoms with Crippen molar-refractivity contribution in [1.82, 2.24) is 4.90 Å². The molecule has 1 unspecified atom stereocenters. The molecule has 0 saturated heterocycles. The number of halogens is 4.